The zero-order chi connectivity index (χ0) is 24.0. The molecule has 1 aromatic heterocycles. The van der Waals surface area contributed by atoms with Crippen LogP contribution in [0.5, 0.6) is 11.6 Å². The summed E-state index contributed by atoms with van der Waals surface area (Å²) in [7, 11) is 1.60. The molecule has 0 fully saturated rings. The lowest BCUT2D eigenvalue weighted by Gasteiger charge is -2.18. The summed E-state index contributed by atoms with van der Waals surface area (Å²) in [5.74, 6) is 0.125. The minimum Gasteiger partial charge on any atom is -0.497 e. The number of nitrogens with one attached hydrogen (secondary N) is 1. The van der Waals surface area contributed by atoms with Crippen LogP contribution in [0.2, 0.25) is 0 Å². The summed E-state index contributed by atoms with van der Waals surface area (Å²) in [6.45, 7) is 1.40. The van der Waals surface area contributed by atoms with Gasteiger partial charge in [0, 0.05) is 12.1 Å². The Labute approximate surface area is 195 Å². The zero-order valence-corrected chi connectivity index (χ0v) is 19.0. The summed E-state index contributed by atoms with van der Waals surface area (Å²) < 4.78 is 51.1. The molecule has 0 aliphatic heterocycles. The highest BCUT2D eigenvalue weighted by atomic mass is 35.5. The molecule has 1 heterocycles. The fraction of sp³-hybridized carbons (Fsp3) is 0.391. The van der Waals surface area contributed by atoms with Crippen molar-refractivity contribution in [2.45, 2.75) is 43.8 Å². The second kappa shape index (κ2) is 10.8. The monoisotopic (exact) mass is 483 g/mol. The fourth-order valence-corrected chi connectivity index (χ4v) is 3.55. The first-order chi connectivity index (χ1) is 15.7. The predicted molar refractivity (Wildman–Crippen MR) is 119 cm³/mol. The third kappa shape index (κ3) is 6.77. The third-order valence-corrected chi connectivity index (χ3v) is 5.46. The lowest BCUT2D eigenvalue weighted by molar-refractivity contribution is -0.141. The number of amides is 1. The summed E-state index contributed by atoms with van der Waals surface area (Å²) >= 11 is 6.24. The van der Waals surface area contributed by atoms with Crippen LogP contribution >= 0.6 is 11.6 Å². The molecule has 2 aromatic rings. The lowest BCUT2D eigenvalue weighted by atomic mass is 10.1. The summed E-state index contributed by atoms with van der Waals surface area (Å²) in [5, 5.41) is 5.84. The number of aromatic nitrogens is 2. The van der Waals surface area contributed by atoms with Crippen LogP contribution in [0.4, 0.5) is 13.2 Å². The molecule has 6 nitrogen and oxygen atoms in total. The van der Waals surface area contributed by atoms with E-state index in [4.69, 9.17) is 21.1 Å². The van der Waals surface area contributed by atoms with Gasteiger partial charge in [0.25, 0.3) is 5.91 Å². The van der Waals surface area contributed by atoms with Crippen LogP contribution in [-0.2, 0) is 17.4 Å². The van der Waals surface area contributed by atoms with E-state index in [2.05, 4.69) is 10.4 Å². The molecule has 1 aliphatic rings. The maximum atomic E-state index is 13.2. The van der Waals surface area contributed by atoms with Gasteiger partial charge in [-0.05, 0) is 50.0 Å². The standard InChI is InChI=1S/C23H25ClF3N3O3/c1-15(7-8-16-9-11-17(32-2)12-10-16)28-21(31)14-33-22-13-20(23(25,26)27)29-30(22)19-6-4-3-5-18(19)24/h3-4,6,9-13,15,18H,5,7-8,14H2,1-2H3,(H,28,31). The van der Waals surface area contributed by atoms with Crippen molar-refractivity contribution in [3.63, 3.8) is 0 Å². The Morgan fingerprint density at radius 1 is 1.33 bits per heavy atom. The lowest BCUT2D eigenvalue weighted by Crippen LogP contribution is -2.36. The number of carbonyl (C=O) groups excluding carboxylic acids is 1. The highest BCUT2D eigenvalue weighted by Gasteiger charge is 2.36. The minimum absolute atomic E-state index is 0.155. The van der Waals surface area contributed by atoms with Gasteiger partial charge in [-0.15, -0.1) is 11.6 Å². The van der Waals surface area contributed by atoms with Gasteiger partial charge in [0.2, 0.25) is 5.88 Å². The van der Waals surface area contributed by atoms with Gasteiger partial charge in [-0.2, -0.15) is 18.3 Å². The Hall–Kier alpha value is -2.94. The van der Waals surface area contributed by atoms with E-state index in [1.54, 1.807) is 25.3 Å². The van der Waals surface area contributed by atoms with Gasteiger partial charge >= 0.3 is 6.18 Å². The molecule has 0 spiro atoms. The number of carbonyl (C=O) groups is 1. The number of halogens is 4. The molecule has 10 heteroatoms. The van der Waals surface area contributed by atoms with Crippen LogP contribution in [0.15, 0.2) is 48.6 Å². The van der Waals surface area contributed by atoms with Crippen LogP contribution in [0.1, 0.15) is 31.0 Å². The predicted octanol–water partition coefficient (Wildman–Crippen LogP) is 4.84. The van der Waals surface area contributed by atoms with Gasteiger partial charge in [0.05, 0.1) is 18.2 Å². The Morgan fingerprint density at radius 2 is 2.06 bits per heavy atom. The number of hydrogen-bond donors (Lipinski definition) is 1. The molecule has 0 bridgehead atoms. The molecular formula is C23H25ClF3N3O3. The van der Waals surface area contributed by atoms with Gasteiger partial charge in [0.15, 0.2) is 12.3 Å². The normalized spacial score (nSPS) is 16.8. The van der Waals surface area contributed by atoms with E-state index in [-0.39, 0.29) is 11.9 Å². The molecule has 1 amide bonds. The topological polar surface area (TPSA) is 65.4 Å². The Morgan fingerprint density at radius 3 is 2.70 bits per heavy atom. The second-order valence-electron chi connectivity index (χ2n) is 7.64. The number of nitrogens with zero attached hydrogens (tertiary/aromatic N) is 2. The summed E-state index contributed by atoms with van der Waals surface area (Å²) in [5.41, 5.74) is 0.324. The quantitative estimate of drug-likeness (QED) is 0.519. The first kappa shape index (κ1) is 24.7. The summed E-state index contributed by atoms with van der Waals surface area (Å²) in [6, 6.07) is 8.26. The number of ether oxygens (including phenoxy) is 2. The highest BCUT2D eigenvalue weighted by Crippen LogP contribution is 2.34. The van der Waals surface area contributed by atoms with Crippen LogP contribution in [0.3, 0.4) is 0 Å². The fourth-order valence-electron chi connectivity index (χ4n) is 3.29. The number of rotatable bonds is 9. The molecule has 1 aliphatic carbocycles. The third-order valence-electron chi connectivity index (χ3n) is 5.06. The molecule has 1 aromatic carbocycles. The van der Waals surface area contributed by atoms with Crippen molar-refractivity contribution in [1.82, 2.24) is 15.1 Å². The molecule has 1 N–H and O–H groups in total. The minimum atomic E-state index is -4.66. The zero-order valence-electron chi connectivity index (χ0n) is 18.2. The summed E-state index contributed by atoms with van der Waals surface area (Å²) in [6.07, 6.45) is 2.27. The molecule has 2 atom stereocenters. The Bertz CT molecular complexity index is 1020. The van der Waals surface area contributed by atoms with Gasteiger partial charge < -0.3 is 14.8 Å². The van der Waals surface area contributed by atoms with E-state index in [0.29, 0.717) is 18.5 Å². The molecular weight excluding hydrogens is 459 g/mol. The number of allylic oxidation sites excluding steroid dienone is 4. The van der Waals surface area contributed by atoms with Crippen molar-refractivity contribution in [1.29, 1.82) is 0 Å². The maximum absolute atomic E-state index is 13.2. The molecule has 33 heavy (non-hydrogen) atoms. The molecule has 0 saturated heterocycles. The maximum Gasteiger partial charge on any atom is 0.435 e. The van der Waals surface area contributed by atoms with Gasteiger partial charge in [-0.25, -0.2) is 4.68 Å². The number of alkyl halides is 4. The van der Waals surface area contributed by atoms with Crippen molar-refractivity contribution >= 4 is 23.2 Å². The average molecular weight is 484 g/mol. The van der Waals surface area contributed by atoms with Crippen molar-refractivity contribution in [2.24, 2.45) is 0 Å². The Kier molecular flexibility index (Phi) is 8.07. The molecule has 2 unspecified atom stereocenters. The van der Waals surface area contributed by atoms with Crippen molar-refractivity contribution < 1.29 is 27.4 Å². The number of aryl methyl sites for hydroxylation is 1. The van der Waals surface area contributed by atoms with Gasteiger partial charge in [-0.1, -0.05) is 24.3 Å². The Balaban J connectivity index is 1.59. The van der Waals surface area contributed by atoms with Gasteiger partial charge in [0.1, 0.15) is 5.75 Å². The van der Waals surface area contributed by atoms with E-state index in [0.717, 1.165) is 28.5 Å². The van der Waals surface area contributed by atoms with Crippen molar-refractivity contribution in [3.8, 4) is 11.6 Å². The van der Waals surface area contributed by atoms with Crippen LogP contribution in [0.25, 0.3) is 5.70 Å². The summed E-state index contributed by atoms with van der Waals surface area (Å²) in [4.78, 5) is 12.3. The smallest absolute Gasteiger partial charge is 0.435 e. The SMILES string of the molecule is COc1ccc(CCC(C)NC(=O)COc2cc(C(F)(F)F)nn2C2=CC=CCC2Cl)cc1. The van der Waals surface area contributed by atoms with E-state index >= 15 is 0 Å². The van der Waals surface area contributed by atoms with E-state index in [9.17, 15) is 18.0 Å². The number of hydrogen-bond acceptors (Lipinski definition) is 4. The molecule has 0 saturated carbocycles. The number of methoxy groups -OCH3 is 1. The van der Waals surface area contributed by atoms with E-state index < -0.39 is 29.8 Å². The van der Waals surface area contributed by atoms with Crippen LogP contribution in [-0.4, -0.2) is 40.8 Å². The van der Waals surface area contributed by atoms with Crippen LogP contribution < -0.4 is 14.8 Å². The van der Waals surface area contributed by atoms with Crippen molar-refractivity contribution in [2.75, 3.05) is 13.7 Å². The first-order valence-corrected chi connectivity index (χ1v) is 10.8. The first-order valence-electron chi connectivity index (χ1n) is 10.4. The average Bonchev–Trinajstić information content (AvgIpc) is 3.21. The van der Waals surface area contributed by atoms with E-state index in [1.807, 2.05) is 31.2 Å². The second-order valence-corrected chi connectivity index (χ2v) is 8.17. The molecule has 3 rings (SSSR count). The molecule has 178 valence electrons. The van der Waals surface area contributed by atoms with E-state index in [1.165, 1.54) is 0 Å². The molecule has 0 radical (unpaired) electrons. The highest BCUT2D eigenvalue weighted by molar-refractivity contribution is 6.25. The van der Waals surface area contributed by atoms with Crippen LogP contribution in [0, 0.1) is 0 Å². The van der Waals surface area contributed by atoms with Crippen molar-refractivity contribution in [3.05, 3.63) is 59.8 Å². The largest absolute Gasteiger partial charge is 0.497 e. The number of benzene rings is 1. The van der Waals surface area contributed by atoms with Gasteiger partial charge in [-0.3, -0.25) is 4.79 Å².